The number of hydrogen-bond acceptors (Lipinski definition) is 5. The van der Waals surface area contributed by atoms with Gasteiger partial charge in [-0.2, -0.15) is 0 Å². The Balaban J connectivity index is 1.70. The minimum Gasteiger partial charge on any atom is -0.479 e. The van der Waals surface area contributed by atoms with Gasteiger partial charge in [0.05, 0.1) is 13.2 Å². The highest BCUT2D eigenvalue weighted by Gasteiger charge is 2.35. The summed E-state index contributed by atoms with van der Waals surface area (Å²) in [4.78, 5) is 26.8. The summed E-state index contributed by atoms with van der Waals surface area (Å²) in [7, 11) is 1.27. The van der Waals surface area contributed by atoms with Gasteiger partial charge in [0.15, 0.2) is 6.10 Å². The zero-order chi connectivity index (χ0) is 24.1. The Kier molecular flexibility index (Phi) is 7.11. The molecule has 0 unspecified atom stereocenters. The lowest BCUT2D eigenvalue weighted by Gasteiger charge is -2.37. The van der Waals surface area contributed by atoms with Crippen LogP contribution in [0.4, 0.5) is 9.18 Å². The van der Waals surface area contributed by atoms with E-state index in [1.54, 1.807) is 11.8 Å². The number of halogens is 1. The van der Waals surface area contributed by atoms with Crippen molar-refractivity contribution in [3.63, 3.8) is 0 Å². The molecule has 34 heavy (non-hydrogen) atoms. The molecule has 1 amide bonds. The number of carbonyl (C=O) groups excluding carboxylic acids is 2. The Morgan fingerprint density at radius 1 is 1.03 bits per heavy atom. The monoisotopic (exact) mass is 463 g/mol. The second-order valence-electron chi connectivity index (χ2n) is 8.05. The number of benzene rings is 3. The van der Waals surface area contributed by atoms with E-state index in [4.69, 9.17) is 14.2 Å². The molecule has 3 aromatic carbocycles. The maximum Gasteiger partial charge on any atom is 0.410 e. The molecule has 4 rings (SSSR count). The Morgan fingerprint density at radius 3 is 2.53 bits per heavy atom. The van der Waals surface area contributed by atoms with Gasteiger partial charge in [-0.05, 0) is 48.2 Å². The molecule has 1 aliphatic rings. The van der Waals surface area contributed by atoms with Crippen LogP contribution in [0.25, 0.3) is 0 Å². The van der Waals surface area contributed by atoms with Crippen molar-refractivity contribution in [3.8, 4) is 5.75 Å². The highest BCUT2D eigenvalue weighted by molar-refractivity contribution is 5.74. The normalized spacial score (nSPS) is 15.7. The molecule has 0 spiro atoms. The molecular formula is C27H26FNO5. The van der Waals surface area contributed by atoms with E-state index in [0.717, 1.165) is 16.7 Å². The third kappa shape index (κ3) is 5.03. The van der Waals surface area contributed by atoms with E-state index in [9.17, 15) is 14.0 Å². The number of ether oxygens (including phenoxy) is 3. The summed E-state index contributed by atoms with van der Waals surface area (Å²) >= 11 is 0. The van der Waals surface area contributed by atoms with Crippen LogP contribution < -0.4 is 4.74 Å². The smallest absolute Gasteiger partial charge is 0.410 e. The number of esters is 1. The van der Waals surface area contributed by atoms with Crippen molar-refractivity contribution >= 4 is 12.1 Å². The molecule has 176 valence electrons. The van der Waals surface area contributed by atoms with Crippen molar-refractivity contribution in [1.29, 1.82) is 0 Å². The van der Waals surface area contributed by atoms with Gasteiger partial charge >= 0.3 is 12.1 Å². The summed E-state index contributed by atoms with van der Waals surface area (Å²) in [6.07, 6.45) is -0.789. The Morgan fingerprint density at radius 2 is 1.76 bits per heavy atom. The first-order chi connectivity index (χ1) is 16.5. The summed E-state index contributed by atoms with van der Waals surface area (Å²) < 4.78 is 30.7. The van der Waals surface area contributed by atoms with Gasteiger partial charge < -0.3 is 14.2 Å². The van der Waals surface area contributed by atoms with E-state index in [2.05, 4.69) is 0 Å². The molecule has 0 saturated carbocycles. The number of carbonyl (C=O) groups is 2. The summed E-state index contributed by atoms with van der Waals surface area (Å²) in [6.45, 7) is 2.06. The summed E-state index contributed by atoms with van der Waals surface area (Å²) in [5.74, 6) is -0.742. The fraction of sp³-hybridized carbons (Fsp3) is 0.259. The van der Waals surface area contributed by atoms with E-state index in [1.165, 1.54) is 25.3 Å². The van der Waals surface area contributed by atoms with Crippen LogP contribution in [0.2, 0.25) is 0 Å². The lowest BCUT2D eigenvalue weighted by atomic mass is 9.88. The van der Waals surface area contributed by atoms with Crippen molar-refractivity contribution in [2.75, 3.05) is 13.7 Å². The van der Waals surface area contributed by atoms with Crippen LogP contribution in [0.1, 0.15) is 35.2 Å². The minimum atomic E-state index is -0.911. The first-order valence-electron chi connectivity index (χ1n) is 11.1. The molecule has 0 aliphatic carbocycles. The zero-order valence-electron chi connectivity index (χ0n) is 19.1. The van der Waals surface area contributed by atoms with Crippen LogP contribution in [0.3, 0.4) is 0 Å². The first kappa shape index (κ1) is 23.3. The van der Waals surface area contributed by atoms with E-state index in [1.807, 2.05) is 54.6 Å². The Labute approximate surface area is 197 Å². The van der Waals surface area contributed by atoms with E-state index >= 15 is 0 Å². The first-order valence-corrected chi connectivity index (χ1v) is 11.1. The predicted octanol–water partition coefficient (Wildman–Crippen LogP) is 5.05. The highest BCUT2D eigenvalue weighted by Crippen LogP contribution is 2.40. The van der Waals surface area contributed by atoms with Crippen molar-refractivity contribution < 1.29 is 28.2 Å². The van der Waals surface area contributed by atoms with Crippen molar-refractivity contribution in [2.24, 2.45) is 0 Å². The maximum absolute atomic E-state index is 14.5. The SMILES string of the molecule is COC(=O)[C@H](C)Oc1ccc(F)cc1[C@@H]1c2ccccc2CCN1C(=O)OCc1ccccc1. The molecule has 1 heterocycles. The number of methoxy groups -OCH3 is 1. The molecule has 6 nitrogen and oxygen atoms in total. The van der Waals surface area contributed by atoms with Crippen LogP contribution in [0.5, 0.6) is 5.75 Å². The molecule has 0 bridgehead atoms. The summed E-state index contributed by atoms with van der Waals surface area (Å²) in [6, 6.07) is 20.5. The molecule has 0 N–H and O–H groups in total. The largest absolute Gasteiger partial charge is 0.479 e. The number of hydrogen-bond donors (Lipinski definition) is 0. The van der Waals surface area contributed by atoms with Crippen LogP contribution in [-0.4, -0.2) is 36.7 Å². The van der Waals surface area contributed by atoms with Gasteiger partial charge in [-0.3, -0.25) is 4.90 Å². The highest BCUT2D eigenvalue weighted by atomic mass is 19.1. The third-order valence-corrected chi connectivity index (χ3v) is 5.83. The Hall–Kier alpha value is -3.87. The lowest BCUT2D eigenvalue weighted by Crippen LogP contribution is -2.41. The molecule has 7 heteroatoms. The van der Waals surface area contributed by atoms with Crippen LogP contribution in [-0.2, 0) is 27.3 Å². The van der Waals surface area contributed by atoms with Crippen molar-refractivity contribution in [2.45, 2.75) is 32.1 Å². The van der Waals surface area contributed by atoms with Crippen molar-refractivity contribution in [3.05, 3.63) is 101 Å². The fourth-order valence-corrected chi connectivity index (χ4v) is 4.15. The quantitative estimate of drug-likeness (QED) is 0.479. The molecule has 2 atom stereocenters. The zero-order valence-corrected chi connectivity index (χ0v) is 19.1. The number of nitrogens with zero attached hydrogens (tertiary/aromatic N) is 1. The molecule has 3 aromatic rings. The van der Waals surface area contributed by atoms with Crippen molar-refractivity contribution in [1.82, 2.24) is 4.90 Å². The van der Waals surface area contributed by atoms with Crippen LogP contribution in [0.15, 0.2) is 72.8 Å². The topological polar surface area (TPSA) is 65.1 Å². The van der Waals surface area contributed by atoms with Crippen LogP contribution >= 0.6 is 0 Å². The predicted molar refractivity (Wildman–Crippen MR) is 124 cm³/mol. The second kappa shape index (κ2) is 10.4. The molecule has 0 fully saturated rings. The molecule has 0 aromatic heterocycles. The number of fused-ring (bicyclic) bond motifs is 1. The fourth-order valence-electron chi connectivity index (χ4n) is 4.15. The second-order valence-corrected chi connectivity index (χ2v) is 8.05. The molecule has 0 radical (unpaired) electrons. The van der Waals surface area contributed by atoms with Gasteiger partial charge in [-0.1, -0.05) is 54.6 Å². The summed E-state index contributed by atoms with van der Waals surface area (Å²) in [5, 5.41) is 0. The number of rotatable bonds is 6. The minimum absolute atomic E-state index is 0.121. The third-order valence-electron chi connectivity index (χ3n) is 5.83. The molecular weight excluding hydrogens is 437 g/mol. The molecule has 0 saturated heterocycles. The van der Waals surface area contributed by atoms with Crippen LogP contribution in [0, 0.1) is 5.82 Å². The average Bonchev–Trinajstić information content (AvgIpc) is 2.87. The van der Waals surface area contributed by atoms with Gasteiger partial charge in [0, 0.05) is 12.1 Å². The van der Waals surface area contributed by atoms with Gasteiger partial charge in [-0.25, -0.2) is 14.0 Å². The number of amides is 1. The van der Waals surface area contributed by atoms with Gasteiger partial charge in [0.2, 0.25) is 0 Å². The average molecular weight is 464 g/mol. The van der Waals surface area contributed by atoms with E-state index in [0.29, 0.717) is 24.3 Å². The standard InChI is InChI=1S/C27H26FNO5/c1-18(26(30)32-2)34-24-13-12-21(28)16-23(24)25-22-11-7-6-10-20(22)14-15-29(25)27(31)33-17-19-8-4-3-5-9-19/h3-13,16,18,25H,14-15,17H2,1-2H3/t18-,25-/m0/s1. The van der Waals surface area contributed by atoms with E-state index in [-0.39, 0.29) is 6.61 Å². The van der Waals surface area contributed by atoms with E-state index < -0.39 is 30.0 Å². The van der Waals surface area contributed by atoms with Gasteiger partial charge in [0.1, 0.15) is 18.2 Å². The maximum atomic E-state index is 14.5. The summed E-state index contributed by atoms with van der Waals surface area (Å²) in [5.41, 5.74) is 3.20. The lowest BCUT2D eigenvalue weighted by molar-refractivity contribution is -0.147. The Bertz CT molecular complexity index is 1170. The molecule has 1 aliphatic heterocycles. The van der Waals surface area contributed by atoms with Gasteiger partial charge in [0.25, 0.3) is 0 Å². The van der Waals surface area contributed by atoms with Gasteiger partial charge in [-0.15, -0.1) is 0 Å².